The van der Waals surface area contributed by atoms with Crippen LogP contribution in [-0.2, 0) is 4.79 Å². The number of nitrogens with zero attached hydrogens (tertiary/aromatic N) is 1. The van der Waals surface area contributed by atoms with Crippen molar-refractivity contribution in [3.05, 3.63) is 35.4 Å². The quantitative estimate of drug-likeness (QED) is 0.877. The molecule has 1 saturated heterocycles. The molecule has 4 atom stereocenters. The summed E-state index contributed by atoms with van der Waals surface area (Å²) in [5.74, 6) is 0.820. The van der Waals surface area contributed by atoms with Crippen LogP contribution < -0.4 is 11.1 Å². The Bertz CT molecular complexity index is 641. The number of likely N-dealkylation sites (tertiary alicyclic amines) is 1. The van der Waals surface area contributed by atoms with Gasteiger partial charge in [0.25, 0.3) is 5.91 Å². The second kappa shape index (κ2) is 7.16. The lowest BCUT2D eigenvalue weighted by atomic mass is 9.98. The number of nitrogens with two attached hydrogens (primary N) is 1. The molecular formula is C20H29N3O2. The average Bonchev–Trinajstić information content (AvgIpc) is 3.14. The van der Waals surface area contributed by atoms with E-state index in [9.17, 15) is 9.59 Å². The summed E-state index contributed by atoms with van der Waals surface area (Å²) >= 11 is 0. The fraction of sp³-hybridized carbons (Fsp3) is 0.600. The SMILES string of the molecule is Cc1ccc(C(=O)NC(C(=O)N2CC3CCC(N)C3C2)C(C)C)cc1. The maximum atomic E-state index is 13.0. The molecule has 0 radical (unpaired) electrons. The number of fused-ring (bicyclic) bond motifs is 1. The number of nitrogens with one attached hydrogen (secondary N) is 1. The number of amides is 2. The van der Waals surface area contributed by atoms with Crippen molar-refractivity contribution in [1.82, 2.24) is 10.2 Å². The molecule has 0 spiro atoms. The van der Waals surface area contributed by atoms with E-state index in [-0.39, 0.29) is 23.8 Å². The van der Waals surface area contributed by atoms with Crippen molar-refractivity contribution >= 4 is 11.8 Å². The van der Waals surface area contributed by atoms with Gasteiger partial charge in [0, 0.05) is 24.7 Å². The Balaban J connectivity index is 1.67. The highest BCUT2D eigenvalue weighted by atomic mass is 16.2. The maximum Gasteiger partial charge on any atom is 0.251 e. The van der Waals surface area contributed by atoms with E-state index in [0.717, 1.165) is 31.5 Å². The van der Waals surface area contributed by atoms with E-state index in [0.29, 0.717) is 17.4 Å². The van der Waals surface area contributed by atoms with Crippen molar-refractivity contribution in [2.75, 3.05) is 13.1 Å². The molecule has 25 heavy (non-hydrogen) atoms. The van der Waals surface area contributed by atoms with Gasteiger partial charge in [-0.3, -0.25) is 9.59 Å². The van der Waals surface area contributed by atoms with E-state index in [4.69, 9.17) is 5.73 Å². The van der Waals surface area contributed by atoms with E-state index in [2.05, 4.69) is 5.32 Å². The highest BCUT2D eigenvalue weighted by Gasteiger charge is 2.44. The molecule has 1 aliphatic carbocycles. The molecule has 2 aliphatic rings. The molecule has 5 nitrogen and oxygen atoms in total. The second-order valence-corrected chi connectivity index (χ2v) is 7.97. The van der Waals surface area contributed by atoms with E-state index < -0.39 is 6.04 Å². The van der Waals surface area contributed by atoms with Crippen molar-refractivity contribution in [3.63, 3.8) is 0 Å². The molecule has 3 N–H and O–H groups in total. The second-order valence-electron chi connectivity index (χ2n) is 7.97. The summed E-state index contributed by atoms with van der Waals surface area (Å²) in [6.07, 6.45) is 2.17. The lowest BCUT2D eigenvalue weighted by Crippen LogP contribution is -2.51. The molecule has 2 amide bonds. The van der Waals surface area contributed by atoms with E-state index >= 15 is 0 Å². The molecule has 4 unspecified atom stereocenters. The first-order chi connectivity index (χ1) is 11.9. The highest BCUT2D eigenvalue weighted by molar-refractivity contribution is 5.97. The number of rotatable bonds is 4. The zero-order valence-corrected chi connectivity index (χ0v) is 15.4. The molecule has 0 aromatic heterocycles. The van der Waals surface area contributed by atoms with Crippen molar-refractivity contribution < 1.29 is 9.59 Å². The predicted octanol–water partition coefficient (Wildman–Crippen LogP) is 1.95. The fourth-order valence-electron chi connectivity index (χ4n) is 4.13. The van der Waals surface area contributed by atoms with Gasteiger partial charge in [0.05, 0.1) is 0 Å². The van der Waals surface area contributed by atoms with Crippen LogP contribution >= 0.6 is 0 Å². The Morgan fingerprint density at radius 2 is 1.84 bits per heavy atom. The van der Waals surface area contributed by atoms with Crippen LogP contribution in [0.2, 0.25) is 0 Å². The van der Waals surface area contributed by atoms with Crippen molar-refractivity contribution in [2.24, 2.45) is 23.5 Å². The number of carbonyl (C=O) groups is 2. The summed E-state index contributed by atoms with van der Waals surface area (Å²) in [6.45, 7) is 7.44. The fourth-order valence-corrected chi connectivity index (χ4v) is 4.13. The zero-order valence-electron chi connectivity index (χ0n) is 15.4. The molecule has 3 rings (SSSR count). The van der Waals surface area contributed by atoms with Gasteiger partial charge in [-0.05, 0) is 49.7 Å². The molecule has 1 aromatic carbocycles. The number of benzene rings is 1. The third-order valence-corrected chi connectivity index (χ3v) is 5.76. The number of hydrogen-bond donors (Lipinski definition) is 2. The van der Waals surface area contributed by atoms with Gasteiger partial charge in [0.2, 0.25) is 5.91 Å². The van der Waals surface area contributed by atoms with Crippen LogP contribution in [0.5, 0.6) is 0 Å². The van der Waals surface area contributed by atoms with Crippen molar-refractivity contribution in [1.29, 1.82) is 0 Å². The molecule has 5 heteroatoms. The standard InChI is InChI=1S/C20H29N3O2/c1-12(2)18(22-19(24)14-6-4-13(3)5-7-14)20(25)23-10-15-8-9-17(21)16(15)11-23/h4-7,12,15-18H,8-11,21H2,1-3H3,(H,22,24). The van der Waals surface area contributed by atoms with Crippen LogP contribution in [0.25, 0.3) is 0 Å². The summed E-state index contributed by atoms with van der Waals surface area (Å²) in [7, 11) is 0. The van der Waals surface area contributed by atoms with E-state index in [1.54, 1.807) is 12.1 Å². The Hall–Kier alpha value is -1.88. The molecular weight excluding hydrogens is 314 g/mol. The lowest BCUT2D eigenvalue weighted by molar-refractivity contribution is -0.133. The van der Waals surface area contributed by atoms with Gasteiger partial charge in [0.15, 0.2) is 0 Å². The van der Waals surface area contributed by atoms with Gasteiger partial charge in [-0.1, -0.05) is 31.5 Å². The highest BCUT2D eigenvalue weighted by Crippen LogP contribution is 2.37. The smallest absolute Gasteiger partial charge is 0.251 e. The van der Waals surface area contributed by atoms with Crippen LogP contribution in [0, 0.1) is 24.7 Å². The Morgan fingerprint density at radius 3 is 2.44 bits per heavy atom. The van der Waals surface area contributed by atoms with Gasteiger partial charge in [0.1, 0.15) is 6.04 Å². The lowest BCUT2D eigenvalue weighted by Gasteiger charge is -2.28. The summed E-state index contributed by atoms with van der Waals surface area (Å²) < 4.78 is 0. The number of aryl methyl sites for hydroxylation is 1. The van der Waals surface area contributed by atoms with Crippen LogP contribution in [0.4, 0.5) is 0 Å². The largest absolute Gasteiger partial charge is 0.340 e. The first kappa shape index (κ1) is 17.9. The average molecular weight is 343 g/mol. The summed E-state index contributed by atoms with van der Waals surface area (Å²) in [5, 5.41) is 2.94. The number of hydrogen-bond acceptors (Lipinski definition) is 3. The van der Waals surface area contributed by atoms with E-state index in [1.807, 2.05) is 37.8 Å². The minimum atomic E-state index is -0.496. The molecule has 1 heterocycles. The molecule has 0 bridgehead atoms. The minimum absolute atomic E-state index is 0.0251. The maximum absolute atomic E-state index is 13.0. The van der Waals surface area contributed by atoms with Gasteiger partial charge in [-0.15, -0.1) is 0 Å². The Morgan fingerprint density at radius 1 is 1.16 bits per heavy atom. The van der Waals surface area contributed by atoms with Crippen LogP contribution in [0.1, 0.15) is 42.6 Å². The summed E-state index contributed by atoms with van der Waals surface area (Å²) in [5.41, 5.74) is 7.87. The monoisotopic (exact) mass is 343 g/mol. The first-order valence-corrected chi connectivity index (χ1v) is 9.28. The predicted molar refractivity (Wildman–Crippen MR) is 98.0 cm³/mol. The third-order valence-electron chi connectivity index (χ3n) is 5.76. The van der Waals surface area contributed by atoms with Crippen molar-refractivity contribution in [2.45, 2.75) is 45.7 Å². The summed E-state index contributed by atoms with van der Waals surface area (Å²) in [4.78, 5) is 27.5. The third kappa shape index (κ3) is 3.71. The van der Waals surface area contributed by atoms with Crippen LogP contribution in [-0.4, -0.2) is 41.9 Å². The number of carbonyl (C=O) groups excluding carboxylic acids is 2. The molecule has 136 valence electrons. The van der Waals surface area contributed by atoms with Crippen LogP contribution in [0.15, 0.2) is 24.3 Å². The molecule has 1 saturated carbocycles. The summed E-state index contributed by atoms with van der Waals surface area (Å²) in [6, 6.07) is 7.12. The van der Waals surface area contributed by atoms with Gasteiger partial charge >= 0.3 is 0 Å². The minimum Gasteiger partial charge on any atom is -0.340 e. The first-order valence-electron chi connectivity index (χ1n) is 9.28. The van der Waals surface area contributed by atoms with Crippen molar-refractivity contribution in [3.8, 4) is 0 Å². The van der Waals surface area contributed by atoms with Gasteiger partial charge < -0.3 is 16.0 Å². The zero-order chi connectivity index (χ0) is 18.1. The molecule has 1 aliphatic heterocycles. The van der Waals surface area contributed by atoms with Crippen LogP contribution in [0.3, 0.4) is 0 Å². The Kier molecular flexibility index (Phi) is 5.13. The van der Waals surface area contributed by atoms with Gasteiger partial charge in [-0.25, -0.2) is 0 Å². The van der Waals surface area contributed by atoms with Gasteiger partial charge in [-0.2, -0.15) is 0 Å². The topological polar surface area (TPSA) is 75.4 Å². The van der Waals surface area contributed by atoms with E-state index in [1.165, 1.54) is 0 Å². The molecule has 1 aromatic rings. The molecule has 2 fully saturated rings. The normalized spacial score (nSPS) is 26.6. The Labute approximate surface area is 150 Å².